The third-order valence-corrected chi connectivity index (χ3v) is 3.74. The molecule has 0 unspecified atom stereocenters. The zero-order chi connectivity index (χ0) is 22.5. The van der Waals surface area contributed by atoms with E-state index in [1.54, 1.807) is 45.0 Å². The molecule has 0 bridgehead atoms. The van der Waals surface area contributed by atoms with Gasteiger partial charge in [-0.2, -0.15) is 0 Å². The van der Waals surface area contributed by atoms with Crippen LogP contribution < -0.4 is 16.0 Å². The van der Waals surface area contributed by atoms with Crippen LogP contribution in [0.25, 0.3) is 0 Å². The van der Waals surface area contributed by atoms with Gasteiger partial charge in [0.15, 0.2) is 0 Å². The molecule has 0 aliphatic rings. The molecule has 0 heterocycles. The van der Waals surface area contributed by atoms with E-state index in [0.29, 0.717) is 11.4 Å². The quantitative estimate of drug-likeness (QED) is 0.613. The molecule has 30 heavy (non-hydrogen) atoms. The molecule has 0 aromatic heterocycles. The highest BCUT2D eigenvalue weighted by atomic mass is 19.1. The number of benzene rings is 2. The lowest BCUT2D eigenvalue weighted by Crippen LogP contribution is -2.27. The molecular formula is C21H24FN3O5. The lowest BCUT2D eigenvalue weighted by Gasteiger charge is -2.19. The van der Waals surface area contributed by atoms with Crippen molar-refractivity contribution < 1.29 is 28.2 Å². The van der Waals surface area contributed by atoms with E-state index in [1.807, 2.05) is 0 Å². The molecule has 0 atom stereocenters. The molecule has 2 aromatic rings. The van der Waals surface area contributed by atoms with E-state index in [4.69, 9.17) is 4.74 Å². The molecule has 0 radical (unpaired) electrons. The van der Waals surface area contributed by atoms with Crippen molar-refractivity contribution in [2.24, 2.45) is 0 Å². The number of carbonyl (C=O) groups is 3. The molecule has 160 valence electrons. The molecule has 0 saturated heterocycles. The summed E-state index contributed by atoms with van der Waals surface area (Å²) < 4.78 is 23.6. The second kappa shape index (κ2) is 9.25. The Morgan fingerprint density at radius 2 is 1.50 bits per heavy atom. The number of esters is 1. The highest BCUT2D eigenvalue weighted by Crippen LogP contribution is 2.22. The van der Waals surface area contributed by atoms with Crippen molar-refractivity contribution in [1.82, 2.24) is 0 Å². The molecule has 0 fully saturated rings. The number of anilines is 3. The number of aryl methyl sites for hydroxylation is 1. The average molecular weight is 417 g/mol. The average Bonchev–Trinajstić information content (AvgIpc) is 2.64. The van der Waals surface area contributed by atoms with Crippen LogP contribution in [0.3, 0.4) is 0 Å². The summed E-state index contributed by atoms with van der Waals surface area (Å²) in [7, 11) is 1.16. The van der Waals surface area contributed by atoms with Crippen molar-refractivity contribution in [2.45, 2.75) is 33.3 Å². The van der Waals surface area contributed by atoms with Gasteiger partial charge >= 0.3 is 18.1 Å². The maximum absolute atomic E-state index is 13.8. The first kappa shape index (κ1) is 22.7. The van der Waals surface area contributed by atoms with Crippen LogP contribution >= 0.6 is 0 Å². The third-order valence-electron chi connectivity index (χ3n) is 3.74. The van der Waals surface area contributed by atoms with Crippen molar-refractivity contribution in [2.75, 3.05) is 23.1 Å². The maximum Gasteiger partial charge on any atom is 0.412 e. The van der Waals surface area contributed by atoms with Gasteiger partial charge in [-0.3, -0.25) is 5.32 Å². The number of hydrogen-bond donors (Lipinski definition) is 3. The number of hydrogen-bond acceptors (Lipinski definition) is 5. The van der Waals surface area contributed by atoms with Gasteiger partial charge in [0.05, 0.1) is 18.4 Å². The molecule has 0 saturated carbocycles. The van der Waals surface area contributed by atoms with Gasteiger partial charge in [-0.15, -0.1) is 0 Å². The Kier molecular flexibility index (Phi) is 6.99. The van der Waals surface area contributed by atoms with Crippen LogP contribution in [-0.2, 0) is 9.47 Å². The minimum atomic E-state index is -0.776. The summed E-state index contributed by atoms with van der Waals surface area (Å²) in [6, 6.07) is 8.03. The predicted octanol–water partition coefficient (Wildman–Crippen LogP) is 4.91. The third kappa shape index (κ3) is 6.47. The SMILES string of the molecule is COC(=O)c1cc(F)c(C)cc1NC(=O)Nc1ccc(NC(=O)OC(C)(C)C)cc1. The maximum atomic E-state index is 13.8. The van der Waals surface area contributed by atoms with E-state index < -0.39 is 29.5 Å². The van der Waals surface area contributed by atoms with Gasteiger partial charge in [0, 0.05) is 11.4 Å². The van der Waals surface area contributed by atoms with E-state index in [0.717, 1.165) is 13.2 Å². The Morgan fingerprint density at radius 3 is 2.03 bits per heavy atom. The minimum Gasteiger partial charge on any atom is -0.465 e. The molecule has 0 aliphatic carbocycles. The Morgan fingerprint density at radius 1 is 0.933 bits per heavy atom. The fourth-order valence-corrected chi connectivity index (χ4v) is 2.41. The van der Waals surface area contributed by atoms with Crippen LogP contribution in [0.2, 0.25) is 0 Å². The molecule has 0 spiro atoms. The van der Waals surface area contributed by atoms with Gasteiger partial charge in [-0.1, -0.05) is 0 Å². The molecule has 8 nitrogen and oxygen atoms in total. The van der Waals surface area contributed by atoms with E-state index in [9.17, 15) is 18.8 Å². The van der Waals surface area contributed by atoms with Gasteiger partial charge in [0.2, 0.25) is 0 Å². The zero-order valence-corrected chi connectivity index (χ0v) is 17.4. The monoisotopic (exact) mass is 417 g/mol. The van der Waals surface area contributed by atoms with Crippen LogP contribution in [0.5, 0.6) is 0 Å². The van der Waals surface area contributed by atoms with Crippen molar-refractivity contribution in [3.8, 4) is 0 Å². The topological polar surface area (TPSA) is 106 Å². The minimum absolute atomic E-state index is 0.104. The second-order valence-corrected chi connectivity index (χ2v) is 7.42. The van der Waals surface area contributed by atoms with Crippen LogP contribution in [0.1, 0.15) is 36.7 Å². The summed E-state index contributed by atoms with van der Waals surface area (Å²) in [4.78, 5) is 35.9. The number of carbonyl (C=O) groups excluding carboxylic acids is 3. The summed E-state index contributed by atoms with van der Waals surface area (Å²) in [5.41, 5.74) is 0.563. The Balaban J connectivity index is 2.04. The van der Waals surface area contributed by atoms with Gasteiger partial charge in [0.25, 0.3) is 0 Å². The molecule has 2 rings (SSSR count). The molecule has 3 amide bonds. The van der Waals surface area contributed by atoms with Crippen LogP contribution in [-0.4, -0.2) is 30.8 Å². The van der Waals surface area contributed by atoms with Gasteiger partial charge in [0.1, 0.15) is 11.4 Å². The largest absolute Gasteiger partial charge is 0.465 e. The highest BCUT2D eigenvalue weighted by Gasteiger charge is 2.18. The Bertz CT molecular complexity index is 952. The van der Waals surface area contributed by atoms with Crippen molar-refractivity contribution in [3.05, 3.63) is 53.3 Å². The van der Waals surface area contributed by atoms with Gasteiger partial charge in [-0.25, -0.2) is 18.8 Å². The number of amides is 3. The number of rotatable bonds is 4. The van der Waals surface area contributed by atoms with E-state index in [1.165, 1.54) is 13.0 Å². The lowest BCUT2D eigenvalue weighted by molar-refractivity contribution is 0.0598. The van der Waals surface area contributed by atoms with E-state index >= 15 is 0 Å². The highest BCUT2D eigenvalue weighted by molar-refractivity contribution is 6.05. The standard InChI is InChI=1S/C21H24FN3O5/c1-12-10-17(15(11-16(12)22)18(26)29-5)25-19(27)23-13-6-8-14(9-7-13)24-20(28)30-21(2,3)4/h6-11H,1-5H3,(H,24,28)(H2,23,25,27). The molecule has 3 N–H and O–H groups in total. The lowest BCUT2D eigenvalue weighted by atomic mass is 10.1. The predicted molar refractivity (Wildman–Crippen MR) is 111 cm³/mol. The van der Waals surface area contributed by atoms with Crippen molar-refractivity contribution >= 4 is 35.2 Å². The van der Waals surface area contributed by atoms with Gasteiger partial charge in [-0.05, 0) is 69.7 Å². The second-order valence-electron chi connectivity index (χ2n) is 7.42. The van der Waals surface area contributed by atoms with Crippen LogP contribution in [0, 0.1) is 12.7 Å². The van der Waals surface area contributed by atoms with E-state index in [2.05, 4.69) is 20.7 Å². The number of nitrogens with one attached hydrogen (secondary N) is 3. The number of ether oxygens (including phenoxy) is 2. The molecule has 9 heteroatoms. The van der Waals surface area contributed by atoms with E-state index in [-0.39, 0.29) is 16.8 Å². The normalized spacial score (nSPS) is 10.7. The first-order valence-electron chi connectivity index (χ1n) is 9.05. The fraction of sp³-hybridized carbons (Fsp3) is 0.286. The summed E-state index contributed by atoms with van der Waals surface area (Å²) >= 11 is 0. The van der Waals surface area contributed by atoms with Crippen LogP contribution in [0.15, 0.2) is 36.4 Å². The Labute approximate surface area is 173 Å². The summed E-state index contributed by atoms with van der Waals surface area (Å²) in [5, 5.41) is 7.68. The summed E-state index contributed by atoms with van der Waals surface area (Å²) in [6.45, 7) is 6.78. The van der Waals surface area contributed by atoms with Gasteiger partial charge < -0.3 is 20.1 Å². The fourth-order valence-electron chi connectivity index (χ4n) is 2.41. The van der Waals surface area contributed by atoms with Crippen LogP contribution in [0.4, 0.5) is 31.0 Å². The molecule has 2 aromatic carbocycles. The molecular weight excluding hydrogens is 393 g/mol. The number of urea groups is 1. The zero-order valence-electron chi connectivity index (χ0n) is 17.4. The number of halogens is 1. The van der Waals surface area contributed by atoms with Crippen molar-refractivity contribution in [3.63, 3.8) is 0 Å². The summed E-state index contributed by atoms with van der Waals surface area (Å²) in [5.74, 6) is -1.36. The van der Waals surface area contributed by atoms with Crippen molar-refractivity contribution in [1.29, 1.82) is 0 Å². The number of methoxy groups -OCH3 is 1. The Hall–Kier alpha value is -3.62. The first-order valence-corrected chi connectivity index (χ1v) is 9.05. The molecule has 0 aliphatic heterocycles. The smallest absolute Gasteiger partial charge is 0.412 e. The first-order chi connectivity index (χ1) is 14.0. The summed E-state index contributed by atoms with van der Waals surface area (Å²) in [6.07, 6.45) is -0.594.